The number of likely N-dealkylation sites (tertiary alicyclic amines) is 1. The maximum absolute atomic E-state index is 4.57. The molecule has 1 unspecified atom stereocenters. The number of rotatable bonds is 5. The summed E-state index contributed by atoms with van der Waals surface area (Å²) in [5.74, 6) is 2.76. The first-order valence-corrected chi connectivity index (χ1v) is 7.28. The Morgan fingerprint density at radius 3 is 2.79 bits per heavy atom. The van der Waals surface area contributed by atoms with Crippen LogP contribution in [-0.2, 0) is 6.42 Å². The molecule has 5 heteroatoms. The highest BCUT2D eigenvalue weighted by molar-refractivity contribution is 5.48. The van der Waals surface area contributed by atoms with E-state index in [4.69, 9.17) is 0 Å². The lowest BCUT2D eigenvalue weighted by Crippen LogP contribution is -2.40. The summed E-state index contributed by atoms with van der Waals surface area (Å²) in [5.41, 5.74) is 0. The van der Waals surface area contributed by atoms with Gasteiger partial charge in [-0.25, -0.2) is 9.97 Å². The van der Waals surface area contributed by atoms with Gasteiger partial charge in [0.2, 0.25) is 0 Å². The summed E-state index contributed by atoms with van der Waals surface area (Å²) < 4.78 is 0. The predicted molar refractivity (Wildman–Crippen MR) is 79.7 cm³/mol. The summed E-state index contributed by atoms with van der Waals surface area (Å²) in [4.78, 5) is 11.4. The first-order chi connectivity index (χ1) is 9.21. The molecule has 0 aromatic carbocycles. The van der Waals surface area contributed by atoms with Crippen LogP contribution in [0.15, 0.2) is 6.07 Å². The summed E-state index contributed by atoms with van der Waals surface area (Å²) in [7, 11) is 2.18. The minimum Gasteiger partial charge on any atom is -0.370 e. The average Bonchev–Trinajstić information content (AvgIpc) is 2.39. The van der Waals surface area contributed by atoms with Gasteiger partial charge < -0.3 is 15.5 Å². The molecular formula is C14H25N5. The van der Waals surface area contributed by atoms with Crippen LogP contribution in [0.1, 0.15) is 32.5 Å². The van der Waals surface area contributed by atoms with Crippen molar-refractivity contribution < 1.29 is 0 Å². The fraction of sp³-hybridized carbons (Fsp3) is 0.714. The number of hydrogen-bond acceptors (Lipinski definition) is 5. The minimum atomic E-state index is 0.493. The van der Waals surface area contributed by atoms with Crippen molar-refractivity contribution in [1.29, 1.82) is 0 Å². The summed E-state index contributed by atoms with van der Waals surface area (Å²) in [6.45, 7) is 7.33. The monoisotopic (exact) mass is 263 g/mol. The maximum atomic E-state index is 4.57. The summed E-state index contributed by atoms with van der Waals surface area (Å²) in [5, 5.41) is 6.82. The zero-order chi connectivity index (χ0) is 13.7. The third-order valence-electron chi connectivity index (χ3n) is 3.42. The van der Waals surface area contributed by atoms with E-state index in [9.17, 15) is 0 Å². The highest BCUT2D eigenvalue weighted by atomic mass is 15.2. The van der Waals surface area contributed by atoms with Crippen molar-refractivity contribution in [2.75, 3.05) is 37.3 Å². The molecule has 2 rings (SSSR count). The van der Waals surface area contributed by atoms with E-state index >= 15 is 0 Å². The van der Waals surface area contributed by atoms with Crippen LogP contribution in [0.2, 0.25) is 0 Å². The van der Waals surface area contributed by atoms with E-state index in [2.05, 4.69) is 46.4 Å². The number of anilines is 2. The number of likely N-dealkylation sites (N-methyl/N-ethyl adjacent to an activating group) is 1. The van der Waals surface area contributed by atoms with Gasteiger partial charge in [0.05, 0.1) is 0 Å². The van der Waals surface area contributed by atoms with Gasteiger partial charge in [-0.15, -0.1) is 0 Å². The Morgan fingerprint density at radius 2 is 2.11 bits per heavy atom. The second kappa shape index (κ2) is 6.70. The summed E-state index contributed by atoms with van der Waals surface area (Å²) in [6, 6.07) is 2.50. The molecule has 0 amide bonds. The lowest BCUT2D eigenvalue weighted by Gasteiger charge is -2.30. The van der Waals surface area contributed by atoms with E-state index in [1.807, 2.05) is 6.07 Å². The normalized spacial score (nSPS) is 20.3. The van der Waals surface area contributed by atoms with Crippen LogP contribution < -0.4 is 10.6 Å². The highest BCUT2D eigenvalue weighted by Crippen LogP contribution is 2.16. The number of piperidine rings is 1. The SMILES string of the molecule is CCNc1cc(NC2CCCN(C)C2)nc(CC)n1. The van der Waals surface area contributed by atoms with Gasteiger partial charge in [0.1, 0.15) is 17.5 Å². The van der Waals surface area contributed by atoms with E-state index < -0.39 is 0 Å². The van der Waals surface area contributed by atoms with Gasteiger partial charge in [-0.2, -0.15) is 0 Å². The Bertz CT molecular complexity index is 407. The van der Waals surface area contributed by atoms with E-state index in [0.29, 0.717) is 6.04 Å². The molecule has 0 bridgehead atoms. The molecule has 0 saturated carbocycles. The van der Waals surface area contributed by atoms with Gasteiger partial charge in [0.25, 0.3) is 0 Å². The van der Waals surface area contributed by atoms with Crippen molar-refractivity contribution in [3.63, 3.8) is 0 Å². The number of hydrogen-bond donors (Lipinski definition) is 2. The van der Waals surface area contributed by atoms with E-state index in [1.165, 1.54) is 19.4 Å². The van der Waals surface area contributed by atoms with Crippen LogP contribution >= 0.6 is 0 Å². The fourth-order valence-electron chi connectivity index (χ4n) is 2.49. The largest absolute Gasteiger partial charge is 0.370 e. The average molecular weight is 263 g/mol. The van der Waals surface area contributed by atoms with Crippen molar-refractivity contribution in [2.24, 2.45) is 0 Å². The first kappa shape index (κ1) is 14.1. The molecule has 1 saturated heterocycles. The van der Waals surface area contributed by atoms with Gasteiger partial charge >= 0.3 is 0 Å². The molecule has 5 nitrogen and oxygen atoms in total. The number of aromatic nitrogens is 2. The highest BCUT2D eigenvalue weighted by Gasteiger charge is 2.17. The summed E-state index contributed by atoms with van der Waals surface area (Å²) >= 11 is 0. The molecule has 0 spiro atoms. The van der Waals surface area contributed by atoms with Crippen molar-refractivity contribution in [2.45, 2.75) is 39.2 Å². The lowest BCUT2D eigenvalue weighted by atomic mass is 10.1. The minimum absolute atomic E-state index is 0.493. The van der Waals surface area contributed by atoms with Gasteiger partial charge in [0.15, 0.2) is 0 Å². The molecule has 1 aliphatic heterocycles. The van der Waals surface area contributed by atoms with E-state index in [1.54, 1.807) is 0 Å². The molecule has 0 radical (unpaired) electrons. The molecule has 1 atom stereocenters. The lowest BCUT2D eigenvalue weighted by molar-refractivity contribution is 0.260. The zero-order valence-electron chi connectivity index (χ0n) is 12.2. The molecule has 1 aromatic rings. The van der Waals surface area contributed by atoms with Crippen LogP contribution in [0.5, 0.6) is 0 Å². The number of aryl methyl sites for hydroxylation is 1. The molecule has 2 heterocycles. The van der Waals surface area contributed by atoms with Crippen LogP contribution in [0.3, 0.4) is 0 Å². The van der Waals surface area contributed by atoms with Gasteiger partial charge in [-0.1, -0.05) is 6.92 Å². The maximum Gasteiger partial charge on any atom is 0.132 e. The molecule has 2 N–H and O–H groups in total. The van der Waals surface area contributed by atoms with E-state index in [0.717, 1.165) is 37.0 Å². The van der Waals surface area contributed by atoms with Gasteiger partial charge in [0, 0.05) is 31.6 Å². The smallest absolute Gasteiger partial charge is 0.132 e. The van der Waals surface area contributed by atoms with Crippen LogP contribution in [0, 0.1) is 0 Å². The molecule has 1 aliphatic rings. The zero-order valence-corrected chi connectivity index (χ0v) is 12.2. The van der Waals surface area contributed by atoms with Crippen LogP contribution in [0.25, 0.3) is 0 Å². The topological polar surface area (TPSA) is 53.1 Å². The molecule has 1 aromatic heterocycles. The second-order valence-corrected chi connectivity index (χ2v) is 5.18. The molecule has 106 valence electrons. The Labute approximate surface area is 115 Å². The second-order valence-electron chi connectivity index (χ2n) is 5.18. The Hall–Kier alpha value is -1.36. The third-order valence-corrected chi connectivity index (χ3v) is 3.42. The predicted octanol–water partition coefficient (Wildman–Crippen LogP) is 1.98. The fourth-order valence-corrected chi connectivity index (χ4v) is 2.49. The molecule has 1 fully saturated rings. The Balaban J connectivity index is 2.07. The number of nitrogens with zero attached hydrogens (tertiary/aromatic N) is 3. The van der Waals surface area contributed by atoms with Gasteiger partial charge in [-0.05, 0) is 33.4 Å². The number of nitrogens with one attached hydrogen (secondary N) is 2. The quantitative estimate of drug-likeness (QED) is 0.850. The van der Waals surface area contributed by atoms with E-state index in [-0.39, 0.29) is 0 Å². The van der Waals surface area contributed by atoms with Gasteiger partial charge in [-0.3, -0.25) is 0 Å². The molecular weight excluding hydrogens is 238 g/mol. The molecule has 19 heavy (non-hydrogen) atoms. The van der Waals surface area contributed by atoms with Crippen molar-refractivity contribution in [3.8, 4) is 0 Å². The Morgan fingerprint density at radius 1 is 1.32 bits per heavy atom. The van der Waals surface area contributed by atoms with Crippen LogP contribution in [-0.4, -0.2) is 47.6 Å². The third kappa shape index (κ3) is 4.06. The van der Waals surface area contributed by atoms with Crippen molar-refractivity contribution >= 4 is 11.6 Å². The Kier molecular flexibility index (Phi) is 4.96. The van der Waals surface area contributed by atoms with Crippen molar-refractivity contribution in [1.82, 2.24) is 14.9 Å². The first-order valence-electron chi connectivity index (χ1n) is 7.28. The summed E-state index contributed by atoms with van der Waals surface area (Å²) in [6.07, 6.45) is 3.32. The molecule has 0 aliphatic carbocycles. The van der Waals surface area contributed by atoms with Crippen LogP contribution in [0.4, 0.5) is 11.6 Å². The van der Waals surface area contributed by atoms with Crippen molar-refractivity contribution in [3.05, 3.63) is 11.9 Å². The standard InChI is InChI=1S/C14H25N5/c1-4-12-17-13(15-5-2)9-14(18-12)16-11-7-6-8-19(3)10-11/h9,11H,4-8,10H2,1-3H3,(H2,15,16,17,18).